The van der Waals surface area contributed by atoms with Gasteiger partial charge in [-0.1, -0.05) is 24.3 Å². The normalized spacial score (nSPS) is 13.8. The van der Waals surface area contributed by atoms with Crippen molar-refractivity contribution in [3.05, 3.63) is 59.7 Å². The van der Waals surface area contributed by atoms with Crippen LogP contribution in [0.3, 0.4) is 0 Å². The number of hydrogen-bond acceptors (Lipinski definition) is 2. The highest BCUT2D eigenvalue weighted by Gasteiger charge is 2.04. The highest BCUT2D eigenvalue weighted by Crippen LogP contribution is 2.17. The molecule has 0 unspecified atom stereocenters. The molecule has 4 nitrogen and oxygen atoms in total. The number of guanidine groups is 1. The molecule has 0 bridgehead atoms. The first kappa shape index (κ1) is 16.4. The average molecular weight is 323 g/mol. The predicted molar refractivity (Wildman–Crippen MR) is 99.2 cm³/mol. The lowest BCUT2D eigenvalue weighted by Crippen LogP contribution is -2.43. The van der Waals surface area contributed by atoms with Crippen LogP contribution in [-0.4, -0.2) is 25.7 Å². The highest BCUT2D eigenvalue weighted by atomic mass is 16.5. The van der Waals surface area contributed by atoms with E-state index >= 15 is 0 Å². The van der Waals surface area contributed by atoms with Gasteiger partial charge in [-0.15, -0.1) is 0 Å². The highest BCUT2D eigenvalue weighted by molar-refractivity contribution is 5.83. The Morgan fingerprint density at radius 3 is 2.04 bits per heavy atom. The third kappa shape index (κ3) is 4.75. The number of aliphatic imine (C=N–C) groups is 1. The average Bonchev–Trinajstić information content (AvgIpc) is 2.63. The number of ether oxygens (including phenoxy) is 1. The maximum Gasteiger partial charge on any atom is 0.196 e. The SMILES string of the molecule is CCOc1ccc(CCc2ccc(N=C3NCCCN3)cc2)cc1. The number of nitrogens with zero attached hydrogens (tertiary/aromatic N) is 1. The zero-order valence-electron chi connectivity index (χ0n) is 14.2. The van der Waals surface area contributed by atoms with Crippen molar-refractivity contribution in [3.63, 3.8) is 0 Å². The van der Waals surface area contributed by atoms with Crippen molar-refractivity contribution in [2.75, 3.05) is 19.7 Å². The van der Waals surface area contributed by atoms with Crippen LogP contribution in [0.5, 0.6) is 5.75 Å². The quantitative estimate of drug-likeness (QED) is 0.856. The Morgan fingerprint density at radius 2 is 1.46 bits per heavy atom. The standard InChI is InChI=1S/C20H25N3O/c1-2-24-19-12-8-17(9-13-19)5-4-16-6-10-18(11-7-16)23-20-21-14-3-15-22-20/h6-13H,2-5,14-15H2,1H3,(H2,21,22,23). The molecule has 0 radical (unpaired) electrons. The summed E-state index contributed by atoms with van der Waals surface area (Å²) >= 11 is 0. The summed E-state index contributed by atoms with van der Waals surface area (Å²) in [5.74, 6) is 1.82. The van der Waals surface area contributed by atoms with Crippen molar-refractivity contribution in [1.82, 2.24) is 10.6 Å². The molecular weight excluding hydrogens is 298 g/mol. The summed E-state index contributed by atoms with van der Waals surface area (Å²) in [5, 5.41) is 6.54. The molecule has 0 aromatic heterocycles. The molecule has 4 heteroatoms. The van der Waals surface area contributed by atoms with E-state index in [0.717, 1.165) is 49.7 Å². The molecule has 126 valence electrons. The van der Waals surface area contributed by atoms with E-state index in [9.17, 15) is 0 Å². The van der Waals surface area contributed by atoms with Crippen LogP contribution in [0, 0.1) is 0 Å². The van der Waals surface area contributed by atoms with Crippen LogP contribution in [0.2, 0.25) is 0 Å². The lowest BCUT2D eigenvalue weighted by molar-refractivity contribution is 0.340. The molecule has 0 aliphatic carbocycles. The Bertz CT molecular complexity index is 654. The largest absolute Gasteiger partial charge is 0.494 e. The van der Waals surface area contributed by atoms with Gasteiger partial charge in [-0.3, -0.25) is 0 Å². The van der Waals surface area contributed by atoms with Gasteiger partial charge in [-0.25, -0.2) is 4.99 Å². The Labute approximate surface area is 144 Å². The topological polar surface area (TPSA) is 45.6 Å². The van der Waals surface area contributed by atoms with Gasteiger partial charge in [0.25, 0.3) is 0 Å². The van der Waals surface area contributed by atoms with Gasteiger partial charge in [0.05, 0.1) is 12.3 Å². The Morgan fingerprint density at radius 1 is 0.875 bits per heavy atom. The smallest absolute Gasteiger partial charge is 0.196 e. The Kier molecular flexibility index (Phi) is 5.72. The molecule has 2 N–H and O–H groups in total. The van der Waals surface area contributed by atoms with Gasteiger partial charge in [-0.05, 0) is 61.6 Å². The van der Waals surface area contributed by atoms with E-state index in [-0.39, 0.29) is 0 Å². The summed E-state index contributed by atoms with van der Waals surface area (Å²) in [5.41, 5.74) is 3.65. The second-order valence-corrected chi connectivity index (χ2v) is 5.91. The van der Waals surface area contributed by atoms with Gasteiger partial charge < -0.3 is 15.4 Å². The molecule has 2 aromatic rings. The molecule has 1 heterocycles. The molecule has 1 aliphatic heterocycles. The van der Waals surface area contributed by atoms with Gasteiger partial charge in [-0.2, -0.15) is 0 Å². The lowest BCUT2D eigenvalue weighted by atomic mass is 10.0. The first-order valence-electron chi connectivity index (χ1n) is 8.70. The number of hydrogen-bond donors (Lipinski definition) is 2. The summed E-state index contributed by atoms with van der Waals surface area (Å²) in [6.07, 6.45) is 3.20. The van der Waals surface area contributed by atoms with E-state index < -0.39 is 0 Å². The number of aryl methyl sites for hydroxylation is 2. The van der Waals surface area contributed by atoms with Gasteiger partial charge in [0.15, 0.2) is 5.96 Å². The zero-order valence-corrected chi connectivity index (χ0v) is 14.2. The molecule has 3 rings (SSSR count). The van der Waals surface area contributed by atoms with Crippen molar-refractivity contribution < 1.29 is 4.74 Å². The molecule has 1 fully saturated rings. The minimum Gasteiger partial charge on any atom is -0.494 e. The number of rotatable bonds is 6. The number of benzene rings is 2. The summed E-state index contributed by atoms with van der Waals surface area (Å²) in [4.78, 5) is 4.59. The van der Waals surface area contributed by atoms with Crippen LogP contribution in [0.4, 0.5) is 5.69 Å². The predicted octanol–water partition coefficient (Wildman–Crippen LogP) is 3.44. The van der Waals surface area contributed by atoms with Crippen LogP contribution in [0.1, 0.15) is 24.5 Å². The molecule has 1 saturated heterocycles. The van der Waals surface area contributed by atoms with E-state index in [1.54, 1.807) is 0 Å². The van der Waals surface area contributed by atoms with E-state index in [1.807, 2.05) is 19.1 Å². The van der Waals surface area contributed by atoms with E-state index in [2.05, 4.69) is 52.0 Å². The summed E-state index contributed by atoms with van der Waals surface area (Å²) in [6.45, 7) is 4.70. The van der Waals surface area contributed by atoms with Crippen LogP contribution >= 0.6 is 0 Å². The molecule has 0 saturated carbocycles. The fraction of sp³-hybridized carbons (Fsp3) is 0.350. The second kappa shape index (κ2) is 8.39. The van der Waals surface area contributed by atoms with E-state index in [0.29, 0.717) is 6.61 Å². The van der Waals surface area contributed by atoms with Crippen molar-refractivity contribution in [2.45, 2.75) is 26.2 Å². The Hall–Kier alpha value is -2.49. The van der Waals surface area contributed by atoms with E-state index in [1.165, 1.54) is 11.1 Å². The molecule has 2 aromatic carbocycles. The van der Waals surface area contributed by atoms with Gasteiger partial charge in [0, 0.05) is 13.1 Å². The molecule has 1 aliphatic rings. The first-order chi connectivity index (χ1) is 11.8. The fourth-order valence-corrected chi connectivity index (χ4v) is 2.72. The van der Waals surface area contributed by atoms with Crippen LogP contribution < -0.4 is 15.4 Å². The minimum atomic E-state index is 0.709. The molecule has 0 amide bonds. The molecular formula is C20H25N3O. The van der Waals surface area contributed by atoms with Gasteiger partial charge in [0.2, 0.25) is 0 Å². The van der Waals surface area contributed by atoms with Crippen molar-refractivity contribution >= 4 is 11.6 Å². The minimum absolute atomic E-state index is 0.709. The third-order valence-corrected chi connectivity index (χ3v) is 4.05. The molecule has 0 atom stereocenters. The van der Waals surface area contributed by atoms with Crippen molar-refractivity contribution in [2.24, 2.45) is 4.99 Å². The van der Waals surface area contributed by atoms with Gasteiger partial charge >= 0.3 is 0 Å². The first-order valence-corrected chi connectivity index (χ1v) is 8.70. The summed E-state index contributed by atoms with van der Waals surface area (Å²) in [7, 11) is 0. The molecule has 24 heavy (non-hydrogen) atoms. The lowest BCUT2D eigenvalue weighted by Gasteiger charge is -2.17. The maximum absolute atomic E-state index is 5.48. The van der Waals surface area contributed by atoms with Crippen LogP contribution in [-0.2, 0) is 12.8 Å². The van der Waals surface area contributed by atoms with Crippen molar-refractivity contribution in [1.29, 1.82) is 0 Å². The fourth-order valence-electron chi connectivity index (χ4n) is 2.72. The van der Waals surface area contributed by atoms with Crippen LogP contribution in [0.25, 0.3) is 0 Å². The van der Waals surface area contributed by atoms with Crippen molar-refractivity contribution in [3.8, 4) is 5.75 Å². The van der Waals surface area contributed by atoms with Gasteiger partial charge in [0.1, 0.15) is 5.75 Å². The Balaban J connectivity index is 1.54. The zero-order chi connectivity index (χ0) is 16.6. The van der Waals surface area contributed by atoms with E-state index in [4.69, 9.17) is 4.74 Å². The maximum atomic E-state index is 5.48. The summed E-state index contributed by atoms with van der Waals surface area (Å²) in [6, 6.07) is 16.9. The number of nitrogens with one attached hydrogen (secondary N) is 2. The van der Waals surface area contributed by atoms with Crippen LogP contribution in [0.15, 0.2) is 53.5 Å². The monoisotopic (exact) mass is 323 g/mol. The molecule has 0 spiro atoms. The third-order valence-electron chi connectivity index (χ3n) is 4.05. The second-order valence-electron chi connectivity index (χ2n) is 5.91. The summed E-state index contributed by atoms with van der Waals surface area (Å²) < 4.78 is 5.48.